The number of carbonyl (C=O) groups is 1. The monoisotopic (exact) mass is 360 g/mol. The standard InChI is InChI=1S/C19H25ClN4O/c1-12-18(19(25)22-17-9-5-7-14(17)10-21)13(2)24(23-12)11-15-6-3-4-8-16(15)20/h3-4,6,8,14,17H,5,7,9-11,21H2,1-2H3,(H,22,25). The number of amides is 1. The summed E-state index contributed by atoms with van der Waals surface area (Å²) in [5.74, 6) is 0.327. The van der Waals surface area contributed by atoms with Crippen LogP contribution in [0.25, 0.3) is 0 Å². The molecule has 1 aromatic heterocycles. The highest BCUT2D eigenvalue weighted by atomic mass is 35.5. The maximum atomic E-state index is 12.8. The summed E-state index contributed by atoms with van der Waals surface area (Å²) in [6.45, 7) is 4.98. The molecular weight excluding hydrogens is 336 g/mol. The summed E-state index contributed by atoms with van der Waals surface area (Å²) in [7, 11) is 0. The van der Waals surface area contributed by atoms with Gasteiger partial charge >= 0.3 is 0 Å². The van der Waals surface area contributed by atoms with Gasteiger partial charge in [0.2, 0.25) is 0 Å². The number of nitrogens with zero attached hydrogens (tertiary/aromatic N) is 2. The second kappa shape index (κ2) is 7.58. The maximum absolute atomic E-state index is 12.8. The first-order chi connectivity index (χ1) is 12.0. The Morgan fingerprint density at radius 3 is 2.84 bits per heavy atom. The van der Waals surface area contributed by atoms with E-state index in [0.29, 0.717) is 29.6 Å². The summed E-state index contributed by atoms with van der Waals surface area (Å²) in [5, 5.41) is 8.43. The highest BCUT2D eigenvalue weighted by Gasteiger charge is 2.29. The van der Waals surface area contributed by atoms with E-state index in [-0.39, 0.29) is 11.9 Å². The Hall–Kier alpha value is -1.85. The molecule has 3 rings (SSSR count). The molecule has 1 amide bonds. The van der Waals surface area contributed by atoms with E-state index in [1.807, 2.05) is 42.8 Å². The van der Waals surface area contributed by atoms with Crippen LogP contribution in [0.5, 0.6) is 0 Å². The van der Waals surface area contributed by atoms with Gasteiger partial charge in [0.1, 0.15) is 0 Å². The fourth-order valence-corrected chi connectivity index (χ4v) is 3.91. The zero-order chi connectivity index (χ0) is 18.0. The molecule has 0 aliphatic heterocycles. The molecule has 5 nitrogen and oxygen atoms in total. The van der Waals surface area contributed by atoms with E-state index < -0.39 is 0 Å². The number of aromatic nitrogens is 2. The van der Waals surface area contributed by atoms with E-state index in [1.165, 1.54) is 0 Å². The third kappa shape index (κ3) is 3.72. The topological polar surface area (TPSA) is 72.9 Å². The zero-order valence-electron chi connectivity index (χ0n) is 14.8. The Balaban J connectivity index is 1.79. The highest BCUT2D eigenvalue weighted by Crippen LogP contribution is 2.26. The van der Waals surface area contributed by atoms with Crippen molar-refractivity contribution in [1.29, 1.82) is 0 Å². The minimum absolute atomic E-state index is 0.0502. The Morgan fingerprint density at radius 1 is 1.36 bits per heavy atom. The lowest BCUT2D eigenvalue weighted by Gasteiger charge is -2.19. The van der Waals surface area contributed by atoms with E-state index in [4.69, 9.17) is 17.3 Å². The molecule has 25 heavy (non-hydrogen) atoms. The number of hydrogen-bond acceptors (Lipinski definition) is 3. The lowest BCUT2D eigenvalue weighted by molar-refractivity contribution is 0.0927. The fourth-order valence-electron chi connectivity index (χ4n) is 3.72. The average molecular weight is 361 g/mol. The molecule has 1 heterocycles. The van der Waals surface area contributed by atoms with Crippen LogP contribution in [0.1, 0.15) is 46.6 Å². The van der Waals surface area contributed by atoms with Crippen molar-refractivity contribution in [3.63, 3.8) is 0 Å². The first-order valence-electron chi connectivity index (χ1n) is 8.79. The molecule has 3 N–H and O–H groups in total. The third-order valence-corrected chi connectivity index (χ3v) is 5.53. The second-order valence-electron chi connectivity index (χ2n) is 6.80. The number of halogens is 1. The molecule has 0 bridgehead atoms. The summed E-state index contributed by atoms with van der Waals surface area (Å²) in [4.78, 5) is 12.8. The quantitative estimate of drug-likeness (QED) is 0.860. The van der Waals surface area contributed by atoms with Gasteiger partial charge in [-0.25, -0.2) is 0 Å². The molecule has 1 aliphatic rings. The highest BCUT2D eigenvalue weighted by molar-refractivity contribution is 6.31. The van der Waals surface area contributed by atoms with Gasteiger partial charge in [0.05, 0.1) is 17.8 Å². The summed E-state index contributed by atoms with van der Waals surface area (Å²) in [6, 6.07) is 7.87. The van der Waals surface area contributed by atoms with Gasteiger partial charge in [-0.05, 0) is 50.8 Å². The van der Waals surface area contributed by atoms with Gasteiger partial charge in [0.25, 0.3) is 5.91 Å². The number of benzene rings is 1. The molecular formula is C19H25ClN4O. The summed E-state index contributed by atoms with van der Waals surface area (Å²) in [5.41, 5.74) is 9.07. The molecule has 0 radical (unpaired) electrons. The van der Waals surface area contributed by atoms with Crippen LogP contribution in [-0.4, -0.2) is 28.3 Å². The molecule has 2 atom stereocenters. The molecule has 2 unspecified atom stereocenters. The molecule has 2 aromatic rings. The van der Waals surface area contributed by atoms with Gasteiger partial charge in [0, 0.05) is 16.8 Å². The molecule has 1 saturated carbocycles. The van der Waals surface area contributed by atoms with Crippen LogP contribution < -0.4 is 11.1 Å². The number of carbonyl (C=O) groups excluding carboxylic acids is 1. The molecule has 134 valence electrons. The van der Waals surface area contributed by atoms with Gasteiger partial charge in [0.15, 0.2) is 0 Å². The number of nitrogens with two attached hydrogens (primary N) is 1. The van der Waals surface area contributed by atoms with Gasteiger partial charge in [-0.2, -0.15) is 5.10 Å². The summed E-state index contributed by atoms with van der Waals surface area (Å²) < 4.78 is 1.85. The van der Waals surface area contributed by atoms with Crippen LogP contribution in [0.4, 0.5) is 0 Å². The van der Waals surface area contributed by atoms with Gasteiger partial charge < -0.3 is 11.1 Å². The van der Waals surface area contributed by atoms with E-state index >= 15 is 0 Å². The SMILES string of the molecule is Cc1nn(Cc2ccccc2Cl)c(C)c1C(=O)NC1CCCC1CN. The van der Waals surface area contributed by atoms with Crippen molar-refractivity contribution < 1.29 is 4.79 Å². The molecule has 0 spiro atoms. The molecule has 1 fully saturated rings. The lowest BCUT2D eigenvalue weighted by atomic mass is 10.0. The molecule has 1 aromatic carbocycles. The normalized spacial score (nSPS) is 20.0. The molecule has 6 heteroatoms. The third-order valence-electron chi connectivity index (χ3n) is 5.16. The van der Waals surface area contributed by atoms with Gasteiger partial charge in [-0.3, -0.25) is 9.48 Å². The zero-order valence-corrected chi connectivity index (χ0v) is 15.5. The predicted octanol–water partition coefficient (Wildman–Crippen LogP) is 3.06. The number of aryl methyl sites for hydroxylation is 1. The van der Waals surface area contributed by atoms with E-state index in [2.05, 4.69) is 10.4 Å². The lowest BCUT2D eigenvalue weighted by Crippen LogP contribution is -2.40. The molecule has 0 saturated heterocycles. The maximum Gasteiger partial charge on any atom is 0.255 e. The van der Waals surface area contributed by atoms with Crippen molar-refractivity contribution in [2.24, 2.45) is 11.7 Å². The Bertz CT molecular complexity index is 771. The fraction of sp³-hybridized carbons (Fsp3) is 0.474. The van der Waals surface area contributed by atoms with E-state index in [9.17, 15) is 4.79 Å². The van der Waals surface area contributed by atoms with Gasteiger partial charge in [-0.1, -0.05) is 36.2 Å². The molecule has 1 aliphatic carbocycles. The largest absolute Gasteiger partial charge is 0.349 e. The number of hydrogen-bond donors (Lipinski definition) is 2. The van der Waals surface area contributed by atoms with E-state index in [0.717, 1.165) is 36.2 Å². The van der Waals surface area contributed by atoms with Crippen LogP contribution in [0.3, 0.4) is 0 Å². The van der Waals surface area contributed by atoms with Gasteiger partial charge in [-0.15, -0.1) is 0 Å². The van der Waals surface area contributed by atoms with Crippen molar-refractivity contribution in [3.05, 3.63) is 51.8 Å². The second-order valence-corrected chi connectivity index (χ2v) is 7.21. The van der Waals surface area contributed by atoms with Crippen LogP contribution in [-0.2, 0) is 6.54 Å². The van der Waals surface area contributed by atoms with E-state index in [1.54, 1.807) is 0 Å². The van der Waals surface area contributed by atoms with Crippen LogP contribution in [0.2, 0.25) is 5.02 Å². The first-order valence-corrected chi connectivity index (χ1v) is 9.17. The number of rotatable bonds is 5. The predicted molar refractivity (Wildman–Crippen MR) is 99.9 cm³/mol. The van der Waals surface area contributed by atoms with Crippen molar-refractivity contribution in [2.45, 2.75) is 45.7 Å². The van der Waals surface area contributed by atoms with Crippen molar-refractivity contribution in [2.75, 3.05) is 6.54 Å². The average Bonchev–Trinajstić information content (AvgIpc) is 3.13. The van der Waals surface area contributed by atoms with Crippen LogP contribution in [0.15, 0.2) is 24.3 Å². The summed E-state index contributed by atoms with van der Waals surface area (Å²) in [6.07, 6.45) is 3.21. The first kappa shape index (κ1) is 18.0. The summed E-state index contributed by atoms with van der Waals surface area (Å²) >= 11 is 6.25. The van der Waals surface area contributed by atoms with Crippen LogP contribution >= 0.6 is 11.6 Å². The Labute approximate surface area is 153 Å². The Kier molecular flexibility index (Phi) is 5.45. The smallest absolute Gasteiger partial charge is 0.255 e. The van der Waals surface area contributed by atoms with Crippen molar-refractivity contribution >= 4 is 17.5 Å². The Morgan fingerprint density at radius 2 is 2.12 bits per heavy atom. The minimum atomic E-state index is -0.0502. The van der Waals surface area contributed by atoms with Crippen molar-refractivity contribution in [1.82, 2.24) is 15.1 Å². The van der Waals surface area contributed by atoms with Crippen molar-refractivity contribution in [3.8, 4) is 0 Å². The van der Waals surface area contributed by atoms with Crippen LogP contribution in [0, 0.1) is 19.8 Å². The minimum Gasteiger partial charge on any atom is -0.349 e. The number of nitrogens with one attached hydrogen (secondary N) is 1.